The summed E-state index contributed by atoms with van der Waals surface area (Å²) in [5, 5.41) is 3.44. The fourth-order valence-electron chi connectivity index (χ4n) is 1.64. The molecule has 0 bridgehead atoms. The summed E-state index contributed by atoms with van der Waals surface area (Å²) in [6.07, 6.45) is 0.843. The molecule has 0 amide bonds. The van der Waals surface area contributed by atoms with Crippen molar-refractivity contribution in [1.29, 1.82) is 0 Å². The van der Waals surface area contributed by atoms with Gasteiger partial charge in [-0.3, -0.25) is 14.6 Å². The number of nitrogens with two attached hydrogens (primary N) is 1. The molecule has 2 rings (SSSR count). The van der Waals surface area contributed by atoms with Crippen molar-refractivity contribution >= 4 is 10.9 Å². The molecule has 3 N–H and O–H groups in total. The zero-order valence-corrected chi connectivity index (χ0v) is 8.08. The van der Waals surface area contributed by atoms with Crippen LogP contribution in [0.15, 0.2) is 23.0 Å². The number of fused-ring (bicyclic) bond motifs is 1. The molecule has 0 spiro atoms. The van der Waals surface area contributed by atoms with Gasteiger partial charge < -0.3 is 5.73 Å². The largest absolute Gasteiger partial charge is 0.330 e. The number of hydrogen-bond donors (Lipinski definition) is 2. The lowest BCUT2D eigenvalue weighted by Crippen LogP contribution is -2.02. The Morgan fingerprint density at radius 3 is 3.00 bits per heavy atom. The molecule has 4 heteroatoms. The molecule has 0 radical (unpaired) electrons. The average Bonchev–Trinajstić information content (AvgIpc) is 2.43. The Morgan fingerprint density at radius 1 is 1.50 bits per heavy atom. The Balaban J connectivity index is 2.65. The van der Waals surface area contributed by atoms with Crippen molar-refractivity contribution in [2.75, 3.05) is 6.54 Å². The maximum Gasteiger partial charge on any atom is 0.271 e. The summed E-state index contributed by atoms with van der Waals surface area (Å²) in [6, 6.07) is 5.80. The SMILES string of the molecule is Cn1[nH]c(=O)c2ccc(CCN)cc21. The smallest absolute Gasteiger partial charge is 0.271 e. The first-order chi connectivity index (χ1) is 6.72. The predicted molar refractivity (Wildman–Crippen MR) is 56.3 cm³/mol. The highest BCUT2D eigenvalue weighted by Gasteiger charge is 2.03. The lowest BCUT2D eigenvalue weighted by Gasteiger charge is -1.99. The molecule has 0 unspecified atom stereocenters. The lowest BCUT2D eigenvalue weighted by molar-refractivity contribution is 0.783. The van der Waals surface area contributed by atoms with Crippen molar-refractivity contribution < 1.29 is 0 Å². The fraction of sp³-hybridized carbons (Fsp3) is 0.300. The monoisotopic (exact) mass is 191 g/mol. The van der Waals surface area contributed by atoms with Gasteiger partial charge in [0, 0.05) is 7.05 Å². The van der Waals surface area contributed by atoms with Crippen LogP contribution in [0.3, 0.4) is 0 Å². The van der Waals surface area contributed by atoms with Gasteiger partial charge >= 0.3 is 0 Å². The van der Waals surface area contributed by atoms with E-state index in [9.17, 15) is 4.79 Å². The number of hydrogen-bond acceptors (Lipinski definition) is 2. The van der Waals surface area contributed by atoms with E-state index in [0.717, 1.165) is 22.9 Å². The zero-order chi connectivity index (χ0) is 10.1. The first kappa shape index (κ1) is 9.02. The average molecular weight is 191 g/mol. The molecule has 0 atom stereocenters. The van der Waals surface area contributed by atoms with Crippen LogP contribution in [-0.2, 0) is 13.5 Å². The van der Waals surface area contributed by atoms with Gasteiger partial charge in [-0.15, -0.1) is 0 Å². The van der Waals surface area contributed by atoms with Crippen molar-refractivity contribution in [3.8, 4) is 0 Å². The van der Waals surface area contributed by atoms with E-state index in [1.807, 2.05) is 25.2 Å². The number of aryl methyl sites for hydroxylation is 1. The Bertz CT molecular complexity index is 510. The van der Waals surface area contributed by atoms with E-state index in [0.29, 0.717) is 6.54 Å². The molecule has 0 saturated carbocycles. The Hall–Kier alpha value is -1.55. The minimum Gasteiger partial charge on any atom is -0.330 e. The van der Waals surface area contributed by atoms with Gasteiger partial charge in [0.2, 0.25) is 0 Å². The number of nitrogens with one attached hydrogen (secondary N) is 1. The quantitative estimate of drug-likeness (QED) is 0.720. The van der Waals surface area contributed by atoms with E-state index in [-0.39, 0.29) is 5.56 Å². The standard InChI is InChI=1S/C10H13N3O/c1-13-9-6-7(4-5-11)2-3-8(9)10(14)12-13/h2-3,6H,4-5,11H2,1H3,(H,12,14). The maximum atomic E-state index is 11.4. The molecule has 74 valence electrons. The normalized spacial score (nSPS) is 11.0. The summed E-state index contributed by atoms with van der Waals surface area (Å²) < 4.78 is 1.73. The summed E-state index contributed by atoms with van der Waals surface area (Å²) in [5.74, 6) is 0. The number of rotatable bonds is 2. The molecular weight excluding hydrogens is 178 g/mol. The van der Waals surface area contributed by atoms with Gasteiger partial charge in [0.05, 0.1) is 10.9 Å². The summed E-state index contributed by atoms with van der Waals surface area (Å²) in [5.41, 5.74) is 7.52. The molecule has 1 aromatic carbocycles. The molecule has 14 heavy (non-hydrogen) atoms. The minimum absolute atomic E-state index is 0.0400. The van der Waals surface area contributed by atoms with E-state index in [1.54, 1.807) is 4.68 Å². The number of nitrogens with zero attached hydrogens (tertiary/aromatic N) is 1. The topological polar surface area (TPSA) is 63.8 Å². The maximum absolute atomic E-state index is 11.4. The van der Waals surface area contributed by atoms with Crippen LogP contribution in [0.2, 0.25) is 0 Å². The third-order valence-corrected chi connectivity index (χ3v) is 2.37. The van der Waals surface area contributed by atoms with Crippen molar-refractivity contribution in [2.24, 2.45) is 12.8 Å². The zero-order valence-electron chi connectivity index (χ0n) is 8.08. The lowest BCUT2D eigenvalue weighted by atomic mass is 10.1. The van der Waals surface area contributed by atoms with Crippen LogP contribution in [-0.4, -0.2) is 16.3 Å². The highest BCUT2D eigenvalue weighted by Crippen LogP contribution is 2.11. The number of aromatic nitrogens is 2. The van der Waals surface area contributed by atoms with Crippen molar-refractivity contribution in [2.45, 2.75) is 6.42 Å². The van der Waals surface area contributed by atoms with Crippen LogP contribution in [0, 0.1) is 0 Å². The third-order valence-electron chi connectivity index (χ3n) is 2.37. The minimum atomic E-state index is -0.0400. The first-order valence-electron chi connectivity index (χ1n) is 4.60. The van der Waals surface area contributed by atoms with Crippen LogP contribution in [0.1, 0.15) is 5.56 Å². The van der Waals surface area contributed by atoms with Crippen LogP contribution in [0.4, 0.5) is 0 Å². The second kappa shape index (κ2) is 3.31. The number of H-pyrrole nitrogens is 1. The van der Waals surface area contributed by atoms with Crippen molar-refractivity contribution in [3.05, 3.63) is 34.1 Å². The van der Waals surface area contributed by atoms with Crippen LogP contribution in [0.5, 0.6) is 0 Å². The molecule has 0 aliphatic rings. The van der Waals surface area contributed by atoms with Gasteiger partial charge in [0.1, 0.15) is 0 Å². The first-order valence-corrected chi connectivity index (χ1v) is 4.60. The summed E-state index contributed by atoms with van der Waals surface area (Å²) in [7, 11) is 1.83. The van der Waals surface area contributed by atoms with Gasteiger partial charge in [0.15, 0.2) is 0 Å². The van der Waals surface area contributed by atoms with Gasteiger partial charge in [-0.05, 0) is 30.7 Å². The molecule has 2 aromatic rings. The summed E-state index contributed by atoms with van der Waals surface area (Å²) in [6.45, 7) is 0.629. The second-order valence-corrected chi connectivity index (χ2v) is 3.39. The number of benzene rings is 1. The third kappa shape index (κ3) is 1.33. The van der Waals surface area contributed by atoms with Crippen molar-refractivity contribution in [1.82, 2.24) is 9.78 Å². The van der Waals surface area contributed by atoms with E-state index in [2.05, 4.69) is 5.10 Å². The highest BCUT2D eigenvalue weighted by molar-refractivity contribution is 5.79. The number of aromatic amines is 1. The molecule has 0 fully saturated rings. The van der Waals surface area contributed by atoms with Gasteiger partial charge in [-0.2, -0.15) is 0 Å². The van der Waals surface area contributed by atoms with E-state index in [4.69, 9.17) is 5.73 Å². The second-order valence-electron chi connectivity index (χ2n) is 3.39. The van der Waals surface area contributed by atoms with Gasteiger partial charge in [-0.25, -0.2) is 0 Å². The Morgan fingerprint density at radius 2 is 2.29 bits per heavy atom. The van der Waals surface area contributed by atoms with Crippen molar-refractivity contribution in [3.63, 3.8) is 0 Å². The van der Waals surface area contributed by atoms with Crippen LogP contribution < -0.4 is 11.3 Å². The molecule has 1 aromatic heterocycles. The van der Waals surface area contributed by atoms with E-state index >= 15 is 0 Å². The Kier molecular flexibility index (Phi) is 2.13. The molecule has 1 heterocycles. The fourth-order valence-corrected chi connectivity index (χ4v) is 1.64. The molecular formula is C10H13N3O. The molecule has 0 aliphatic carbocycles. The summed E-state index contributed by atoms with van der Waals surface area (Å²) in [4.78, 5) is 11.4. The predicted octanol–water partition coefficient (Wildman–Crippen LogP) is 0.368. The van der Waals surface area contributed by atoms with Gasteiger partial charge in [0.25, 0.3) is 5.56 Å². The molecule has 0 saturated heterocycles. The van der Waals surface area contributed by atoms with E-state index < -0.39 is 0 Å². The van der Waals surface area contributed by atoms with Crippen LogP contribution >= 0.6 is 0 Å². The van der Waals surface area contributed by atoms with E-state index in [1.165, 1.54) is 0 Å². The highest BCUT2D eigenvalue weighted by atomic mass is 16.1. The van der Waals surface area contributed by atoms with Crippen LogP contribution in [0.25, 0.3) is 10.9 Å². The molecule has 0 aliphatic heterocycles. The van der Waals surface area contributed by atoms with Gasteiger partial charge in [-0.1, -0.05) is 6.07 Å². The summed E-state index contributed by atoms with van der Waals surface area (Å²) >= 11 is 0. The molecule has 4 nitrogen and oxygen atoms in total. The Labute approximate surface area is 81.3 Å².